The third-order valence-corrected chi connectivity index (χ3v) is 25.7. The molecule has 0 amide bonds. The van der Waals surface area contributed by atoms with E-state index in [1.165, 1.54) is 0 Å². The first-order chi connectivity index (χ1) is 48.3. The Morgan fingerprint density at radius 1 is 0.373 bits per heavy atom. The van der Waals surface area contributed by atoms with Crippen LogP contribution in [0, 0.1) is 34.0 Å². The fourth-order valence-electron chi connectivity index (χ4n) is 20.6. The molecular formula is C69H84O33. The number of aliphatic hydroxyl groups is 15. The summed E-state index contributed by atoms with van der Waals surface area (Å²) in [6.07, 6.45) is -23.6. The van der Waals surface area contributed by atoms with Gasteiger partial charge >= 0.3 is 17.9 Å². The Hall–Kier alpha value is -5.01. The van der Waals surface area contributed by atoms with Crippen LogP contribution in [0.25, 0.3) is 0 Å². The van der Waals surface area contributed by atoms with E-state index in [4.69, 9.17) is 71.1 Å². The van der Waals surface area contributed by atoms with Crippen molar-refractivity contribution in [2.75, 3.05) is 39.6 Å². The van der Waals surface area contributed by atoms with Crippen LogP contribution < -0.4 is 0 Å². The standard InChI is InChI=1S/3C23H28O11/c3*1-20-9-22(29)13-7-23(20,32-18-16(27)15(26)14(25)12(8-24)31-18)21(13,19(33-20)34-22)10-30-17(28)11-5-3-2-4-6-11/h3*2-6,12-16,18-19,24-27,29H,7-10H2,1H3/t3*12-,13-,14-,15+,16-,18+,19-,20+,21+,22-,23+/m111/s1. The van der Waals surface area contributed by atoms with Crippen molar-refractivity contribution in [3.63, 3.8) is 0 Å². The molecule has 21 aliphatic rings. The Kier molecular flexibility index (Phi) is 16.8. The minimum absolute atomic E-state index is 0.0902. The fourth-order valence-corrected chi connectivity index (χ4v) is 20.6. The summed E-state index contributed by atoms with van der Waals surface area (Å²) in [6.45, 7) is 2.95. The molecule has 0 spiro atoms. The molecule has 3 aromatic rings. The van der Waals surface area contributed by atoms with E-state index in [0.29, 0.717) is 16.7 Å². The second kappa shape index (κ2) is 24.0. The van der Waals surface area contributed by atoms with Crippen LogP contribution >= 0.6 is 0 Å². The van der Waals surface area contributed by atoms with E-state index in [-0.39, 0.29) is 58.3 Å². The van der Waals surface area contributed by atoms with Crippen molar-refractivity contribution in [3.8, 4) is 0 Å². The van der Waals surface area contributed by atoms with E-state index in [9.17, 15) is 91.0 Å². The Bertz CT molecular complexity index is 3340. The summed E-state index contributed by atoms with van der Waals surface area (Å²) in [5, 5.41) is 155. The van der Waals surface area contributed by atoms with Crippen LogP contribution in [0.5, 0.6) is 0 Å². The monoisotopic (exact) mass is 1440 g/mol. The molecule has 3 aromatic carbocycles. The zero-order valence-corrected chi connectivity index (χ0v) is 55.3. The van der Waals surface area contributed by atoms with E-state index >= 15 is 0 Å². The minimum atomic E-state index is -1.61. The number of rotatable bonds is 18. The highest BCUT2D eigenvalue weighted by molar-refractivity contribution is 5.90. The summed E-state index contributed by atoms with van der Waals surface area (Å²) in [4.78, 5) is 38.1. The average Bonchev–Trinajstić information content (AvgIpc) is 1.45. The molecule has 12 heterocycles. The summed E-state index contributed by atoms with van der Waals surface area (Å²) in [5.74, 6) is -7.48. The zero-order chi connectivity index (χ0) is 72.3. The maximum atomic E-state index is 12.7. The number of esters is 3. The normalized spacial score (nSPS) is 52.5. The van der Waals surface area contributed by atoms with Crippen molar-refractivity contribution < 1.29 is 162 Å². The van der Waals surface area contributed by atoms with Gasteiger partial charge in [-0.2, -0.15) is 0 Å². The van der Waals surface area contributed by atoms with Crippen LogP contribution in [0.3, 0.4) is 0 Å². The van der Waals surface area contributed by atoms with Gasteiger partial charge in [0.1, 0.15) is 127 Å². The minimum Gasteiger partial charge on any atom is -0.461 e. The van der Waals surface area contributed by atoms with Gasteiger partial charge in [0.15, 0.2) is 55.1 Å². The Balaban J connectivity index is 0.000000118. The zero-order valence-electron chi connectivity index (χ0n) is 55.3. The number of hydrogen-bond donors (Lipinski definition) is 15. The molecule has 0 radical (unpaired) electrons. The molecule has 33 nitrogen and oxygen atoms in total. The first-order valence-electron chi connectivity index (χ1n) is 34.2. The first-order valence-corrected chi connectivity index (χ1v) is 34.2. The van der Waals surface area contributed by atoms with E-state index in [1.54, 1.807) is 112 Å². The highest BCUT2D eigenvalue weighted by Gasteiger charge is 2.97. The van der Waals surface area contributed by atoms with Crippen molar-refractivity contribution in [1.29, 1.82) is 0 Å². The lowest BCUT2D eigenvalue weighted by Gasteiger charge is -2.67. The highest BCUT2D eigenvalue weighted by atomic mass is 16.8. The predicted octanol–water partition coefficient (Wildman–Crippen LogP) is -4.07. The predicted molar refractivity (Wildman–Crippen MR) is 326 cm³/mol. The van der Waals surface area contributed by atoms with Gasteiger partial charge in [0.05, 0.1) is 52.8 Å². The molecule has 33 heteroatoms. The third-order valence-electron chi connectivity index (χ3n) is 25.7. The molecular weight excluding hydrogens is 1360 g/mol. The summed E-state index contributed by atoms with van der Waals surface area (Å²) < 4.78 is 89.0. The largest absolute Gasteiger partial charge is 0.461 e. The highest BCUT2D eigenvalue weighted by Crippen LogP contribution is 2.84. The quantitative estimate of drug-likeness (QED) is 0.0425. The number of carbonyl (C=O) groups is 3. The molecule has 33 atom stereocenters. The number of ether oxygens (including phenoxy) is 15. The molecule has 0 unspecified atom stereocenters. The Labute approximate surface area is 580 Å². The van der Waals surface area contributed by atoms with Crippen LogP contribution in [0.15, 0.2) is 91.0 Å². The molecule has 102 heavy (non-hydrogen) atoms. The SMILES string of the molecule is C[C@@]12C[C@@]3(O)O[C@@H](O1)[C@]1(COC(=O)c4ccccc4)[C@H]3C[C@@]12O[C@@H]1O[C@H](CO)[C@@H](O)[C@H](O)[C@H]1O.C[C@@]12C[C@@]3(O)O[C@@H](O1)[C@]1(COC(=O)c4ccccc4)[C@H]3C[C@@]12O[C@@H]1O[C@H](CO)[C@@H](O)[C@H](O)[C@H]1O.C[C@@]12C[C@@]3(O)O[C@@H](O1)[C@]1(COC(=O)c4ccccc4)[C@H]3C[C@@]12O[C@@H]1O[C@H](CO)[C@@H](O)[C@H](O)[C@H]1O. The Morgan fingerprint density at radius 2 is 0.618 bits per heavy atom. The van der Waals surface area contributed by atoms with E-state index in [2.05, 4.69) is 0 Å². The van der Waals surface area contributed by atoms with Crippen molar-refractivity contribution in [3.05, 3.63) is 108 Å². The number of aliphatic hydroxyl groups excluding tert-OH is 12. The third kappa shape index (κ3) is 9.26. The molecule has 9 aliphatic carbocycles. The van der Waals surface area contributed by atoms with Gasteiger partial charge in [-0.1, -0.05) is 54.6 Å². The molecule has 15 N–H and O–H groups in total. The maximum Gasteiger partial charge on any atom is 0.338 e. The lowest BCUT2D eigenvalue weighted by Crippen LogP contribution is -2.80. The van der Waals surface area contributed by atoms with Crippen molar-refractivity contribution in [2.45, 2.75) is 221 Å². The number of benzene rings is 3. The van der Waals surface area contributed by atoms with E-state index in [1.807, 2.05) is 0 Å². The molecule has 12 aliphatic heterocycles. The molecule has 558 valence electrons. The number of carbonyl (C=O) groups excluding carboxylic acids is 3. The van der Waals surface area contributed by atoms with Crippen molar-refractivity contribution in [1.82, 2.24) is 0 Å². The summed E-state index contributed by atoms with van der Waals surface area (Å²) in [5.41, 5.74) is -8.96. The van der Waals surface area contributed by atoms with Gasteiger partial charge < -0.3 is 148 Å². The second-order valence-corrected chi connectivity index (χ2v) is 30.6. The average molecular weight is 1440 g/mol. The van der Waals surface area contributed by atoms with E-state index in [0.717, 1.165) is 0 Å². The molecule has 0 aromatic heterocycles. The first kappa shape index (κ1) is 71.3. The van der Waals surface area contributed by atoms with Gasteiger partial charge in [0.25, 0.3) is 0 Å². The fraction of sp³-hybridized carbons (Fsp3) is 0.696. The smallest absolute Gasteiger partial charge is 0.338 e. The van der Waals surface area contributed by atoms with E-state index < -0.39 is 234 Å². The van der Waals surface area contributed by atoms with Crippen LogP contribution in [0.1, 0.15) is 90.4 Å². The second-order valence-electron chi connectivity index (χ2n) is 30.6. The molecule has 21 fully saturated rings. The summed E-state index contributed by atoms with van der Waals surface area (Å²) >= 11 is 0. The van der Waals surface area contributed by atoms with Gasteiger partial charge in [-0.25, -0.2) is 14.4 Å². The lowest BCUT2D eigenvalue weighted by atomic mass is 9.41. The van der Waals surface area contributed by atoms with Crippen LogP contribution in [-0.4, -0.2) is 296 Å². The van der Waals surface area contributed by atoms with Gasteiger partial charge in [-0.05, 0) is 76.4 Å². The number of hydrogen-bond acceptors (Lipinski definition) is 33. The summed E-state index contributed by atoms with van der Waals surface area (Å²) in [6, 6.07) is 25.4. The summed E-state index contributed by atoms with van der Waals surface area (Å²) in [7, 11) is 0. The van der Waals surface area contributed by atoms with Gasteiger partial charge in [-0.15, -0.1) is 0 Å². The van der Waals surface area contributed by atoms with Gasteiger partial charge in [-0.3, -0.25) is 0 Å². The maximum absolute atomic E-state index is 12.7. The lowest BCUT2D eigenvalue weighted by molar-refractivity contribution is -0.424. The molecule has 18 bridgehead atoms. The van der Waals surface area contributed by atoms with Crippen LogP contribution in [-0.2, 0) is 71.1 Å². The molecule has 12 saturated heterocycles. The van der Waals surface area contributed by atoms with Gasteiger partial charge in [0, 0.05) is 37.0 Å². The molecule has 24 rings (SSSR count). The molecule has 9 saturated carbocycles. The van der Waals surface area contributed by atoms with Gasteiger partial charge in [0.2, 0.25) is 0 Å². The topological polar surface area (TPSA) is 493 Å². The van der Waals surface area contributed by atoms with Crippen molar-refractivity contribution in [2.24, 2.45) is 34.0 Å². The Morgan fingerprint density at radius 3 is 0.853 bits per heavy atom. The van der Waals surface area contributed by atoms with Crippen LogP contribution in [0.4, 0.5) is 0 Å². The van der Waals surface area contributed by atoms with Crippen LogP contribution in [0.2, 0.25) is 0 Å². The van der Waals surface area contributed by atoms with Crippen molar-refractivity contribution >= 4 is 17.9 Å².